The summed E-state index contributed by atoms with van der Waals surface area (Å²) in [5.41, 5.74) is 4.92. The molecule has 0 aliphatic heterocycles. The SMILES string of the molecule is CC(C)=C=C(C#N)CCC(C)C. The Hall–Kier alpha value is -0.990. The van der Waals surface area contributed by atoms with Gasteiger partial charge in [-0.25, -0.2) is 0 Å². The average molecular weight is 163 g/mol. The predicted octanol–water partition coefficient (Wildman–Crippen LogP) is 3.44. The molecule has 0 aromatic carbocycles. The fourth-order valence-electron chi connectivity index (χ4n) is 0.881. The molecule has 0 aliphatic carbocycles. The Balaban J connectivity index is 4.24. The zero-order valence-electron chi connectivity index (χ0n) is 8.44. The van der Waals surface area contributed by atoms with Crippen molar-refractivity contribution in [1.29, 1.82) is 5.26 Å². The summed E-state index contributed by atoms with van der Waals surface area (Å²) in [4.78, 5) is 0. The van der Waals surface area contributed by atoms with E-state index in [0.29, 0.717) is 5.92 Å². The van der Waals surface area contributed by atoms with Gasteiger partial charge in [0.2, 0.25) is 0 Å². The molecule has 0 aromatic heterocycles. The van der Waals surface area contributed by atoms with E-state index in [2.05, 4.69) is 25.6 Å². The summed E-state index contributed by atoms with van der Waals surface area (Å²) in [7, 11) is 0. The third-order valence-corrected chi connectivity index (χ3v) is 1.51. The summed E-state index contributed by atoms with van der Waals surface area (Å²) in [6, 6.07) is 2.17. The zero-order chi connectivity index (χ0) is 9.56. The van der Waals surface area contributed by atoms with Gasteiger partial charge < -0.3 is 0 Å². The minimum absolute atomic E-state index is 0.660. The van der Waals surface area contributed by atoms with E-state index in [0.717, 1.165) is 24.0 Å². The summed E-state index contributed by atoms with van der Waals surface area (Å²) in [6.07, 6.45) is 1.93. The number of rotatable bonds is 3. The molecule has 0 radical (unpaired) electrons. The summed E-state index contributed by atoms with van der Waals surface area (Å²) in [5.74, 6) is 0.660. The highest BCUT2D eigenvalue weighted by atomic mass is 14.2. The van der Waals surface area contributed by atoms with Crippen molar-refractivity contribution in [3.8, 4) is 6.07 Å². The molecule has 0 bridgehead atoms. The lowest BCUT2D eigenvalue weighted by Crippen LogP contribution is -1.87. The molecule has 0 N–H and O–H groups in total. The molecule has 0 fully saturated rings. The van der Waals surface area contributed by atoms with Crippen molar-refractivity contribution in [2.45, 2.75) is 40.5 Å². The maximum absolute atomic E-state index is 8.72. The maximum atomic E-state index is 8.72. The fraction of sp³-hybridized carbons (Fsp3) is 0.636. The highest BCUT2D eigenvalue weighted by Crippen LogP contribution is 2.10. The molecule has 0 saturated heterocycles. The van der Waals surface area contributed by atoms with E-state index in [1.807, 2.05) is 13.8 Å². The molecule has 0 amide bonds. The third kappa shape index (κ3) is 5.77. The number of nitrogens with zero attached hydrogens (tertiary/aromatic N) is 1. The lowest BCUT2D eigenvalue weighted by atomic mass is 10.0. The van der Waals surface area contributed by atoms with E-state index in [9.17, 15) is 0 Å². The Morgan fingerprint density at radius 1 is 1.33 bits per heavy atom. The van der Waals surface area contributed by atoms with Gasteiger partial charge in [-0.3, -0.25) is 0 Å². The van der Waals surface area contributed by atoms with Crippen LogP contribution < -0.4 is 0 Å². The largest absolute Gasteiger partial charge is 0.192 e. The highest BCUT2D eigenvalue weighted by Gasteiger charge is 1.97. The standard InChI is InChI=1S/C11H17N/c1-9(2)5-6-11(8-12)7-10(3)4/h9H,5-6H2,1-4H3. The van der Waals surface area contributed by atoms with Gasteiger partial charge in [0.05, 0.1) is 5.57 Å². The van der Waals surface area contributed by atoms with Crippen molar-refractivity contribution in [2.24, 2.45) is 5.92 Å². The van der Waals surface area contributed by atoms with Crippen molar-refractivity contribution in [3.63, 3.8) is 0 Å². The second-order valence-electron chi connectivity index (χ2n) is 3.65. The van der Waals surface area contributed by atoms with Crippen LogP contribution in [0, 0.1) is 17.2 Å². The highest BCUT2D eigenvalue weighted by molar-refractivity contribution is 5.21. The van der Waals surface area contributed by atoms with E-state index < -0.39 is 0 Å². The Bertz CT molecular complexity index is 230. The van der Waals surface area contributed by atoms with Gasteiger partial charge in [-0.1, -0.05) is 13.8 Å². The topological polar surface area (TPSA) is 23.8 Å². The third-order valence-electron chi connectivity index (χ3n) is 1.51. The van der Waals surface area contributed by atoms with Crippen molar-refractivity contribution in [1.82, 2.24) is 0 Å². The maximum Gasteiger partial charge on any atom is 0.103 e. The van der Waals surface area contributed by atoms with E-state index in [1.54, 1.807) is 0 Å². The molecular formula is C11H17N. The molecule has 0 heterocycles. The molecule has 12 heavy (non-hydrogen) atoms. The first kappa shape index (κ1) is 11.0. The summed E-state index contributed by atoms with van der Waals surface area (Å²) >= 11 is 0. The lowest BCUT2D eigenvalue weighted by Gasteiger charge is -2.00. The van der Waals surface area contributed by atoms with Crippen LogP contribution in [0.1, 0.15) is 40.5 Å². The monoisotopic (exact) mass is 163 g/mol. The number of allylic oxidation sites excluding steroid dienone is 1. The average Bonchev–Trinajstić information content (AvgIpc) is 1.97. The molecule has 0 spiro atoms. The van der Waals surface area contributed by atoms with Crippen LogP contribution in [0.3, 0.4) is 0 Å². The van der Waals surface area contributed by atoms with Crippen LogP contribution in [-0.2, 0) is 0 Å². The number of hydrogen-bond donors (Lipinski definition) is 0. The molecule has 1 nitrogen and oxygen atoms in total. The van der Waals surface area contributed by atoms with Gasteiger partial charge in [-0.05, 0) is 38.2 Å². The first-order valence-corrected chi connectivity index (χ1v) is 4.39. The van der Waals surface area contributed by atoms with Gasteiger partial charge in [-0.15, -0.1) is 5.73 Å². The number of nitriles is 1. The molecule has 1 heteroatoms. The molecule has 0 rings (SSSR count). The van der Waals surface area contributed by atoms with Crippen LogP contribution in [0.5, 0.6) is 0 Å². The van der Waals surface area contributed by atoms with Crippen LogP contribution in [-0.4, -0.2) is 0 Å². The van der Waals surface area contributed by atoms with Gasteiger partial charge in [0.1, 0.15) is 6.07 Å². The number of hydrogen-bond acceptors (Lipinski definition) is 1. The van der Waals surface area contributed by atoms with Crippen LogP contribution in [0.2, 0.25) is 0 Å². The minimum Gasteiger partial charge on any atom is -0.192 e. The van der Waals surface area contributed by atoms with Gasteiger partial charge in [0, 0.05) is 0 Å². The summed E-state index contributed by atoms with van der Waals surface area (Å²) in [6.45, 7) is 8.26. The lowest BCUT2D eigenvalue weighted by molar-refractivity contribution is 0.589. The van der Waals surface area contributed by atoms with Gasteiger partial charge in [-0.2, -0.15) is 5.26 Å². The van der Waals surface area contributed by atoms with Crippen molar-refractivity contribution in [3.05, 3.63) is 16.9 Å². The second-order valence-corrected chi connectivity index (χ2v) is 3.65. The van der Waals surface area contributed by atoms with Crippen LogP contribution >= 0.6 is 0 Å². The minimum atomic E-state index is 0.660. The Morgan fingerprint density at radius 3 is 2.25 bits per heavy atom. The fourth-order valence-corrected chi connectivity index (χ4v) is 0.881. The van der Waals surface area contributed by atoms with Gasteiger partial charge >= 0.3 is 0 Å². The van der Waals surface area contributed by atoms with Crippen molar-refractivity contribution >= 4 is 0 Å². The quantitative estimate of drug-likeness (QED) is 0.462. The zero-order valence-corrected chi connectivity index (χ0v) is 8.44. The van der Waals surface area contributed by atoms with Gasteiger partial charge in [0.15, 0.2) is 0 Å². The predicted molar refractivity (Wildman–Crippen MR) is 51.6 cm³/mol. The molecule has 0 saturated carbocycles. The molecule has 0 atom stereocenters. The second kappa shape index (κ2) is 5.63. The first-order chi connectivity index (χ1) is 5.56. The Morgan fingerprint density at radius 2 is 1.92 bits per heavy atom. The van der Waals surface area contributed by atoms with Crippen LogP contribution in [0.4, 0.5) is 0 Å². The van der Waals surface area contributed by atoms with Crippen molar-refractivity contribution < 1.29 is 0 Å². The summed E-state index contributed by atoms with van der Waals surface area (Å²) in [5, 5.41) is 8.72. The molecule has 66 valence electrons. The molecule has 0 unspecified atom stereocenters. The molecule has 0 aromatic rings. The molecular weight excluding hydrogens is 146 g/mol. The van der Waals surface area contributed by atoms with Gasteiger partial charge in [0.25, 0.3) is 0 Å². The van der Waals surface area contributed by atoms with E-state index in [4.69, 9.17) is 5.26 Å². The van der Waals surface area contributed by atoms with Crippen LogP contribution in [0.15, 0.2) is 16.9 Å². The van der Waals surface area contributed by atoms with E-state index in [1.165, 1.54) is 0 Å². The Kier molecular flexibility index (Phi) is 5.17. The van der Waals surface area contributed by atoms with E-state index >= 15 is 0 Å². The normalized spacial score (nSPS) is 9.00. The van der Waals surface area contributed by atoms with Crippen molar-refractivity contribution in [2.75, 3.05) is 0 Å². The van der Waals surface area contributed by atoms with Crippen LogP contribution in [0.25, 0.3) is 0 Å². The summed E-state index contributed by atoms with van der Waals surface area (Å²) < 4.78 is 0. The van der Waals surface area contributed by atoms with E-state index in [-0.39, 0.29) is 0 Å². The Labute approximate surface area is 75.4 Å². The molecule has 0 aliphatic rings. The smallest absolute Gasteiger partial charge is 0.103 e. The first-order valence-electron chi connectivity index (χ1n) is 4.39.